The molecule has 2 aromatic carbocycles. The van der Waals surface area contributed by atoms with Crippen molar-refractivity contribution < 1.29 is 40.6 Å². The molecule has 0 aliphatic rings. The van der Waals surface area contributed by atoms with Crippen molar-refractivity contribution in [2.75, 3.05) is 5.32 Å². The lowest BCUT2D eigenvalue weighted by molar-refractivity contribution is 0.0995. The zero-order valence-electron chi connectivity index (χ0n) is 29.5. The number of hydrogen-bond acceptors (Lipinski definition) is 14. The third-order valence-corrected chi connectivity index (χ3v) is 10.1. The topological polar surface area (TPSA) is 279 Å². The van der Waals surface area contributed by atoms with E-state index in [9.17, 15) is 40.6 Å². The molecule has 0 unspecified atom stereocenters. The number of hydrogen-bond donors (Lipinski definition) is 5. The second-order valence-corrected chi connectivity index (χ2v) is 15.1. The van der Waals surface area contributed by atoms with Gasteiger partial charge in [0, 0.05) is 12.1 Å². The van der Waals surface area contributed by atoms with Gasteiger partial charge in [-0.15, -0.1) is 10.2 Å². The number of amides is 1. The van der Waals surface area contributed by atoms with E-state index in [1.165, 1.54) is 46.0 Å². The van der Waals surface area contributed by atoms with Crippen LogP contribution in [0, 0.1) is 6.92 Å². The number of unbranched alkanes of at least 4 members (excludes halogenated alkanes) is 6. The number of nitrogens with two attached hydrogens (primary N) is 1. The first-order chi connectivity index (χ1) is 25.4. The van der Waals surface area contributed by atoms with Crippen LogP contribution in [-0.2, 0) is 33.2 Å². The standard InChI is InChI=1S/C33H39ClN8O10S2/c1-4-6-7-8-9-10-11-12-20-13-15-21(16-14-20)52-33-38-31(34)37-32(39-33)36-22-17-23(25(54(49,50)51)18-24(22)53(46,47)48)40-41-27-19(3)26(28(35)43)29(44)42(5-2)30(27)45/h13-18,44H,4-12H2,1-3H3,(H2,35,43)(H,46,47,48)(H,49,50,51)(H,36,37,38,39). The van der Waals surface area contributed by atoms with Gasteiger partial charge in [0.05, 0.1) is 5.69 Å². The van der Waals surface area contributed by atoms with Crippen LogP contribution in [0.5, 0.6) is 17.6 Å². The van der Waals surface area contributed by atoms with Crippen LogP contribution < -0.4 is 21.3 Å². The number of benzene rings is 2. The van der Waals surface area contributed by atoms with Crippen molar-refractivity contribution in [1.82, 2.24) is 19.5 Å². The number of halogens is 1. The Balaban J connectivity index is 1.68. The molecule has 0 aliphatic carbocycles. The molecule has 0 saturated heterocycles. The van der Waals surface area contributed by atoms with Gasteiger partial charge in [-0.2, -0.15) is 31.8 Å². The summed E-state index contributed by atoms with van der Waals surface area (Å²) >= 11 is 6.10. The van der Waals surface area contributed by atoms with E-state index in [-0.39, 0.29) is 18.1 Å². The Kier molecular flexibility index (Phi) is 13.8. The molecule has 54 heavy (non-hydrogen) atoms. The van der Waals surface area contributed by atoms with Crippen LogP contribution in [0.15, 0.2) is 61.2 Å². The number of pyridine rings is 1. The highest BCUT2D eigenvalue weighted by molar-refractivity contribution is 7.86. The van der Waals surface area contributed by atoms with Crippen LogP contribution in [0.1, 0.15) is 80.3 Å². The van der Waals surface area contributed by atoms with E-state index >= 15 is 0 Å². The first-order valence-electron chi connectivity index (χ1n) is 16.7. The second kappa shape index (κ2) is 17.9. The molecule has 0 saturated carbocycles. The third kappa shape index (κ3) is 10.6. The number of ether oxygens (including phenoxy) is 1. The van der Waals surface area contributed by atoms with Crippen molar-refractivity contribution in [3.8, 4) is 17.6 Å². The minimum absolute atomic E-state index is 0.133. The van der Waals surface area contributed by atoms with Crippen LogP contribution in [-0.4, -0.2) is 56.5 Å². The van der Waals surface area contributed by atoms with Gasteiger partial charge in [-0.3, -0.25) is 23.3 Å². The van der Waals surface area contributed by atoms with E-state index in [2.05, 4.69) is 37.4 Å². The number of primary amides is 1. The van der Waals surface area contributed by atoms with Gasteiger partial charge in [-0.25, -0.2) is 0 Å². The molecule has 6 N–H and O–H groups in total. The summed E-state index contributed by atoms with van der Waals surface area (Å²) in [5.41, 5.74) is 2.97. The number of aromatic hydroxyl groups is 1. The summed E-state index contributed by atoms with van der Waals surface area (Å²) in [6, 6.07) is 8.00. The molecule has 290 valence electrons. The van der Waals surface area contributed by atoms with E-state index in [1.807, 2.05) is 12.1 Å². The van der Waals surface area contributed by atoms with E-state index in [0.717, 1.165) is 35.5 Å². The fraction of sp³-hybridized carbons (Fsp3) is 0.364. The molecule has 4 aromatic rings. The molecule has 0 fully saturated rings. The Morgan fingerprint density at radius 2 is 1.56 bits per heavy atom. The highest BCUT2D eigenvalue weighted by Gasteiger charge is 2.27. The van der Waals surface area contributed by atoms with Gasteiger partial charge in [-0.05, 0) is 68.1 Å². The van der Waals surface area contributed by atoms with Crippen molar-refractivity contribution in [1.29, 1.82) is 0 Å². The molecule has 0 spiro atoms. The average Bonchev–Trinajstić information content (AvgIpc) is 3.07. The Morgan fingerprint density at radius 1 is 0.926 bits per heavy atom. The monoisotopic (exact) mass is 806 g/mol. The molecular formula is C33H39ClN8O10S2. The zero-order valence-corrected chi connectivity index (χ0v) is 31.9. The van der Waals surface area contributed by atoms with Crippen LogP contribution in [0.3, 0.4) is 0 Å². The number of carbonyl (C=O) groups is 1. The van der Waals surface area contributed by atoms with E-state index in [0.29, 0.717) is 11.8 Å². The lowest BCUT2D eigenvalue weighted by atomic mass is 10.0. The van der Waals surface area contributed by atoms with Crippen molar-refractivity contribution in [3.63, 3.8) is 0 Å². The quantitative estimate of drug-likeness (QED) is 0.0405. The second-order valence-electron chi connectivity index (χ2n) is 12.0. The predicted octanol–water partition coefficient (Wildman–Crippen LogP) is 6.56. The molecule has 2 heterocycles. The maximum atomic E-state index is 13.1. The average molecular weight is 807 g/mol. The maximum absolute atomic E-state index is 13.1. The predicted molar refractivity (Wildman–Crippen MR) is 198 cm³/mol. The molecule has 4 rings (SSSR count). The number of aromatic nitrogens is 4. The summed E-state index contributed by atoms with van der Waals surface area (Å²) in [6.45, 7) is 4.75. The summed E-state index contributed by atoms with van der Waals surface area (Å²) in [6.07, 6.45) is 9.22. The van der Waals surface area contributed by atoms with Crippen LogP contribution >= 0.6 is 11.6 Å². The van der Waals surface area contributed by atoms with Gasteiger partial charge in [0.1, 0.15) is 26.8 Å². The summed E-state index contributed by atoms with van der Waals surface area (Å²) in [5, 5.41) is 20.0. The summed E-state index contributed by atoms with van der Waals surface area (Å²) in [5.74, 6) is -1.93. The van der Waals surface area contributed by atoms with Gasteiger partial charge in [0.25, 0.3) is 31.7 Å². The Bertz CT molecular complexity index is 2340. The van der Waals surface area contributed by atoms with E-state index < -0.39 is 81.2 Å². The van der Waals surface area contributed by atoms with Gasteiger partial charge >= 0.3 is 6.01 Å². The van der Waals surface area contributed by atoms with Crippen LogP contribution in [0.25, 0.3) is 0 Å². The maximum Gasteiger partial charge on any atom is 0.328 e. The van der Waals surface area contributed by atoms with Crippen molar-refractivity contribution >= 4 is 60.8 Å². The molecule has 18 nitrogen and oxygen atoms in total. The summed E-state index contributed by atoms with van der Waals surface area (Å²) in [4.78, 5) is 34.8. The number of aryl methyl sites for hydroxylation is 1. The van der Waals surface area contributed by atoms with Gasteiger partial charge < -0.3 is 20.9 Å². The molecule has 1 amide bonds. The smallest absolute Gasteiger partial charge is 0.328 e. The largest absolute Gasteiger partial charge is 0.494 e. The molecule has 0 atom stereocenters. The minimum Gasteiger partial charge on any atom is -0.494 e. The highest BCUT2D eigenvalue weighted by atomic mass is 35.5. The van der Waals surface area contributed by atoms with Crippen molar-refractivity contribution in [3.05, 3.63) is 68.7 Å². The Hall–Kier alpha value is -5.02. The molecule has 0 aliphatic heterocycles. The fourth-order valence-electron chi connectivity index (χ4n) is 5.43. The van der Waals surface area contributed by atoms with Gasteiger partial charge in [-0.1, -0.05) is 57.6 Å². The number of rotatable bonds is 18. The molecule has 0 radical (unpaired) electrons. The van der Waals surface area contributed by atoms with Crippen molar-refractivity contribution in [2.24, 2.45) is 16.0 Å². The van der Waals surface area contributed by atoms with Gasteiger partial charge in [0.15, 0.2) is 5.69 Å². The molecule has 0 bridgehead atoms. The van der Waals surface area contributed by atoms with E-state index in [1.54, 1.807) is 12.1 Å². The SMILES string of the molecule is CCCCCCCCCc1ccc(Oc2nc(Cl)nc(Nc3cc(N=Nc4c(C)c(C(N)=O)c(O)n(CC)c4=O)c(S(=O)(=O)O)cc3S(=O)(=O)O)n2)cc1. The lowest BCUT2D eigenvalue weighted by Gasteiger charge is -2.14. The molecular weight excluding hydrogens is 768 g/mol. The number of nitrogens with zero attached hydrogens (tertiary/aromatic N) is 6. The fourth-order valence-corrected chi connectivity index (χ4v) is 6.94. The summed E-state index contributed by atoms with van der Waals surface area (Å²) in [7, 11) is -10.5. The molecule has 21 heteroatoms. The third-order valence-electron chi connectivity index (χ3n) is 8.13. The van der Waals surface area contributed by atoms with E-state index in [4.69, 9.17) is 22.1 Å². The zero-order chi connectivity index (χ0) is 39.8. The molecule has 2 aromatic heterocycles. The number of anilines is 2. The first-order valence-corrected chi connectivity index (χ1v) is 20.0. The normalized spacial score (nSPS) is 12.0. The first kappa shape index (κ1) is 41.7. The minimum atomic E-state index is -5.27. The Labute approximate surface area is 316 Å². The van der Waals surface area contributed by atoms with Gasteiger partial charge in [0.2, 0.25) is 17.1 Å². The Morgan fingerprint density at radius 3 is 2.15 bits per heavy atom. The number of carbonyl (C=O) groups excluding carboxylic acids is 1. The van der Waals surface area contributed by atoms with Crippen LogP contribution in [0.4, 0.5) is 23.0 Å². The lowest BCUT2D eigenvalue weighted by Crippen LogP contribution is -2.25. The number of nitrogens with one attached hydrogen (secondary N) is 1. The van der Waals surface area contributed by atoms with Crippen molar-refractivity contribution in [2.45, 2.75) is 88.5 Å². The number of azo groups is 1. The summed E-state index contributed by atoms with van der Waals surface area (Å²) < 4.78 is 76.0. The van der Waals surface area contributed by atoms with Crippen LogP contribution in [0.2, 0.25) is 5.28 Å². The highest BCUT2D eigenvalue weighted by Crippen LogP contribution is 2.37.